The monoisotopic (exact) mass is 498 g/mol. The molecule has 0 amide bonds. The molecule has 0 saturated heterocycles. The van der Waals surface area contributed by atoms with E-state index in [0.29, 0.717) is 0 Å². The lowest BCUT2D eigenvalue weighted by Gasteiger charge is -2.35. The molecule has 0 aliphatic heterocycles. The first-order chi connectivity index (χ1) is 15.4. The first-order valence-corrected chi connectivity index (χ1v) is 14.3. The summed E-state index contributed by atoms with van der Waals surface area (Å²) < 4.78 is 52.1. The molecule has 4 saturated carbocycles. The van der Waals surface area contributed by atoms with Crippen molar-refractivity contribution in [1.82, 2.24) is 0 Å². The number of carbonyl (C=O) groups is 4. The van der Waals surface area contributed by atoms with Gasteiger partial charge in [-0.2, -0.15) is 0 Å². The van der Waals surface area contributed by atoms with E-state index in [9.17, 15) is 41.5 Å². The normalized spacial score (nSPS) is 29.6. The molecule has 12 heteroatoms. The van der Waals surface area contributed by atoms with Crippen molar-refractivity contribution in [2.75, 3.05) is 0 Å². The Hall–Kier alpha value is -2.04. The van der Waals surface area contributed by atoms with Gasteiger partial charge in [0, 0.05) is 25.7 Å². The molecular weight excluding hydrogens is 472 g/mol. The van der Waals surface area contributed by atoms with Gasteiger partial charge in [-0.25, -0.2) is 16.8 Å². The molecule has 4 aliphatic rings. The van der Waals surface area contributed by atoms with Crippen LogP contribution >= 0.6 is 0 Å². The fourth-order valence-corrected chi connectivity index (χ4v) is 11.1. The minimum Gasteiger partial charge on any atom is -0.359 e. The van der Waals surface area contributed by atoms with Crippen molar-refractivity contribution in [2.24, 2.45) is 10.8 Å². The van der Waals surface area contributed by atoms with Crippen molar-refractivity contribution in [3.05, 3.63) is 5.53 Å². The summed E-state index contributed by atoms with van der Waals surface area (Å²) in [5, 5.41) is -2.71. The highest BCUT2D eigenvalue weighted by Crippen LogP contribution is 2.48. The summed E-state index contributed by atoms with van der Waals surface area (Å²) in [6.45, 7) is 0. The minimum absolute atomic E-state index is 0.0325. The second kappa shape index (κ2) is 8.02. The molecule has 0 radical (unpaired) electrons. The predicted molar refractivity (Wildman–Crippen MR) is 114 cm³/mol. The Kier molecular flexibility index (Phi) is 5.86. The minimum atomic E-state index is -4.72. The van der Waals surface area contributed by atoms with Crippen LogP contribution in [-0.4, -0.2) is 59.6 Å². The zero-order chi connectivity index (χ0) is 24.2. The van der Waals surface area contributed by atoms with Crippen molar-refractivity contribution in [3.63, 3.8) is 0 Å². The van der Waals surface area contributed by atoms with E-state index in [1.54, 1.807) is 0 Å². The molecule has 0 aromatic heterocycles. The van der Waals surface area contributed by atoms with E-state index in [2.05, 4.69) is 4.79 Å². The molecule has 180 valence electrons. The molecule has 4 fully saturated rings. The number of carbonyl (C=O) groups excluding carboxylic acids is 4. The van der Waals surface area contributed by atoms with E-state index in [-0.39, 0.29) is 100 Å². The van der Waals surface area contributed by atoms with Gasteiger partial charge >= 0.3 is 4.38 Å². The lowest BCUT2D eigenvalue weighted by Crippen LogP contribution is -2.48. The fourth-order valence-electron chi connectivity index (χ4n) is 6.27. The Morgan fingerprint density at radius 2 is 1.03 bits per heavy atom. The molecule has 0 aromatic rings. The quantitative estimate of drug-likeness (QED) is 0.179. The van der Waals surface area contributed by atoms with E-state index >= 15 is 0 Å². The summed E-state index contributed by atoms with van der Waals surface area (Å²) in [6, 6.07) is 0. The molecule has 33 heavy (non-hydrogen) atoms. The largest absolute Gasteiger partial charge is 0.495 e. The first-order valence-electron chi connectivity index (χ1n) is 11.2. The lowest BCUT2D eigenvalue weighted by atomic mass is 9.71. The maximum atomic E-state index is 13.4. The number of sulfone groups is 2. The molecule has 0 N–H and O–H groups in total. The van der Waals surface area contributed by atoms with E-state index in [1.807, 2.05) is 0 Å². The van der Waals surface area contributed by atoms with Crippen LogP contribution < -0.4 is 0 Å². The lowest BCUT2D eigenvalue weighted by molar-refractivity contribution is -0.138. The summed E-state index contributed by atoms with van der Waals surface area (Å²) in [5.74, 6) is -1.31. The molecule has 0 heterocycles. The van der Waals surface area contributed by atoms with E-state index in [0.717, 1.165) is 0 Å². The number of hydrogen-bond donors (Lipinski definition) is 0. The molecule has 0 bridgehead atoms. The van der Waals surface area contributed by atoms with Gasteiger partial charge in [-0.05, 0) is 38.5 Å². The molecule has 2 atom stereocenters. The van der Waals surface area contributed by atoms with Gasteiger partial charge in [0.2, 0.25) is 0 Å². The molecule has 2 spiro atoms. The number of hydrogen-bond acceptors (Lipinski definition) is 8. The van der Waals surface area contributed by atoms with Gasteiger partial charge in [0.1, 0.15) is 23.1 Å². The first kappa shape index (κ1) is 24.1. The predicted octanol–water partition coefficient (Wildman–Crippen LogP) is 1.12. The second-order valence-corrected chi connectivity index (χ2v) is 14.3. The van der Waals surface area contributed by atoms with Crippen molar-refractivity contribution in [1.29, 1.82) is 0 Å². The van der Waals surface area contributed by atoms with Crippen LogP contribution in [0.1, 0.15) is 77.0 Å². The molecule has 4 rings (SSSR count). The highest BCUT2D eigenvalue weighted by molar-refractivity contribution is 8.31. The van der Waals surface area contributed by atoms with E-state index in [1.165, 1.54) is 0 Å². The topological polar surface area (TPSA) is 173 Å². The van der Waals surface area contributed by atoms with Crippen molar-refractivity contribution < 1.29 is 40.8 Å². The fraction of sp³-hybridized carbons (Fsp3) is 0.762. The summed E-state index contributed by atoms with van der Waals surface area (Å²) in [5.41, 5.74) is 6.70. The Labute approximate surface area is 191 Å². The van der Waals surface area contributed by atoms with Gasteiger partial charge in [-0.15, -0.1) is 4.79 Å². The third-order valence-corrected chi connectivity index (χ3v) is 13.2. The van der Waals surface area contributed by atoms with Crippen LogP contribution in [0.15, 0.2) is 0 Å². The van der Waals surface area contributed by atoms with Gasteiger partial charge < -0.3 is 5.53 Å². The average molecular weight is 499 g/mol. The molecule has 0 aromatic carbocycles. The van der Waals surface area contributed by atoms with E-state index < -0.39 is 45.4 Å². The van der Waals surface area contributed by atoms with Crippen LogP contribution in [0.4, 0.5) is 0 Å². The Morgan fingerprint density at radius 3 is 1.33 bits per heavy atom. The van der Waals surface area contributed by atoms with Crippen molar-refractivity contribution in [3.8, 4) is 0 Å². The van der Waals surface area contributed by atoms with Crippen LogP contribution in [0.3, 0.4) is 0 Å². The number of rotatable bonds is 2. The molecular formula is C21H26N2O8S2. The highest BCUT2D eigenvalue weighted by Gasteiger charge is 2.60. The van der Waals surface area contributed by atoms with Gasteiger partial charge in [-0.1, -0.05) is 12.8 Å². The van der Waals surface area contributed by atoms with Gasteiger partial charge in [0.05, 0.1) is 21.3 Å². The zero-order valence-corrected chi connectivity index (χ0v) is 19.7. The van der Waals surface area contributed by atoms with Crippen LogP contribution in [0.5, 0.6) is 0 Å². The Bertz CT molecular complexity index is 1090. The zero-order valence-electron chi connectivity index (χ0n) is 18.1. The summed E-state index contributed by atoms with van der Waals surface area (Å²) in [6.07, 6.45) is 0.512. The van der Waals surface area contributed by atoms with Crippen LogP contribution in [0, 0.1) is 10.8 Å². The summed E-state index contributed by atoms with van der Waals surface area (Å²) in [7, 11) is -9.43. The van der Waals surface area contributed by atoms with Crippen LogP contribution in [0.25, 0.3) is 5.53 Å². The third-order valence-electron chi connectivity index (χ3n) is 8.15. The SMILES string of the molecule is [N-]=[N+]=C(S(=O)(=O)C1CCCC2(C1)C(=O)CCC2=O)S(=O)(=O)C1CCCC2(C1)C(=O)CCC2=O. The average Bonchev–Trinajstić information content (AvgIpc) is 3.19. The van der Waals surface area contributed by atoms with Gasteiger partial charge in [0.15, 0.2) is 0 Å². The summed E-state index contributed by atoms with van der Waals surface area (Å²) >= 11 is 0. The van der Waals surface area contributed by atoms with E-state index in [4.69, 9.17) is 0 Å². The number of Topliss-reactive ketones (excluding diaryl/α,β-unsaturated/α-hetero) is 4. The number of nitrogens with zero attached hydrogens (tertiary/aromatic N) is 2. The smallest absolute Gasteiger partial charge is 0.359 e. The molecule has 4 aliphatic carbocycles. The van der Waals surface area contributed by atoms with Crippen LogP contribution in [-0.2, 0) is 38.9 Å². The van der Waals surface area contributed by atoms with Gasteiger partial charge in [-0.3, -0.25) is 19.2 Å². The highest BCUT2D eigenvalue weighted by atomic mass is 32.3. The Balaban J connectivity index is 1.65. The maximum Gasteiger partial charge on any atom is 0.495 e. The second-order valence-electron chi connectivity index (χ2n) is 9.75. The summed E-state index contributed by atoms with van der Waals surface area (Å²) in [4.78, 5) is 52.5. The third kappa shape index (κ3) is 3.49. The number of ketones is 4. The van der Waals surface area contributed by atoms with Crippen molar-refractivity contribution in [2.45, 2.75) is 87.5 Å². The standard InChI is InChI=1S/C21H26N2O8S2/c22-23-19(32(28,29)13-3-1-9-20(11-13)15(24)5-6-16(20)25)33(30,31)14-4-2-10-21(12-14)17(26)7-8-18(21)27/h13-14H,1-12H2. The Morgan fingerprint density at radius 1 is 0.697 bits per heavy atom. The van der Waals surface area contributed by atoms with Gasteiger partial charge in [0.25, 0.3) is 19.7 Å². The molecule has 10 nitrogen and oxygen atoms in total. The van der Waals surface area contributed by atoms with Crippen LogP contribution in [0.2, 0.25) is 0 Å². The van der Waals surface area contributed by atoms with Crippen molar-refractivity contribution >= 4 is 47.2 Å². The maximum absolute atomic E-state index is 13.4. The molecule has 2 unspecified atom stereocenters.